The number of anilines is 1. The Hall–Kier alpha value is -2.14. The Morgan fingerprint density at radius 3 is 2.67 bits per heavy atom. The van der Waals surface area contributed by atoms with E-state index >= 15 is 0 Å². The minimum atomic E-state index is 0.00724. The van der Waals surface area contributed by atoms with Crippen LogP contribution in [0.1, 0.15) is 58.3 Å². The molecule has 36 heavy (non-hydrogen) atoms. The van der Waals surface area contributed by atoms with Crippen LogP contribution in [0.3, 0.4) is 0 Å². The van der Waals surface area contributed by atoms with E-state index in [-0.39, 0.29) is 5.91 Å². The van der Waals surface area contributed by atoms with E-state index in [2.05, 4.69) is 53.1 Å². The molecule has 2 bridgehead atoms. The second kappa shape index (κ2) is 10.3. The quantitative estimate of drug-likeness (QED) is 0.301. The third kappa shape index (κ3) is 4.64. The highest BCUT2D eigenvalue weighted by molar-refractivity contribution is 7.98. The maximum absolute atomic E-state index is 13.0. The van der Waals surface area contributed by atoms with Gasteiger partial charge in [-0.2, -0.15) is 11.8 Å². The van der Waals surface area contributed by atoms with Gasteiger partial charge in [0.05, 0.1) is 6.04 Å². The molecule has 2 N–H and O–H groups in total. The molecule has 0 radical (unpaired) electrons. The first-order valence-electron chi connectivity index (χ1n) is 12.8. The van der Waals surface area contributed by atoms with Crippen molar-refractivity contribution in [2.45, 2.75) is 37.0 Å². The summed E-state index contributed by atoms with van der Waals surface area (Å²) in [6.07, 6.45) is 3.98. The lowest BCUT2D eigenvalue weighted by molar-refractivity contribution is 0.0956. The molecule has 3 aromatic carbocycles. The van der Waals surface area contributed by atoms with E-state index in [0.29, 0.717) is 34.5 Å². The van der Waals surface area contributed by atoms with E-state index in [4.69, 9.17) is 23.2 Å². The number of halogens is 2. The van der Waals surface area contributed by atoms with Gasteiger partial charge in [-0.1, -0.05) is 59.6 Å². The molecule has 1 aliphatic heterocycles. The average Bonchev–Trinajstić information content (AvgIpc) is 3.52. The maximum Gasteiger partial charge on any atom is 0.251 e. The number of thioether (sulfide) groups is 1. The Morgan fingerprint density at radius 1 is 1.00 bits per heavy atom. The predicted molar refractivity (Wildman–Crippen MR) is 151 cm³/mol. The lowest BCUT2D eigenvalue weighted by Gasteiger charge is -2.43. The number of carbonyl (C=O) groups is 1. The number of carbonyl (C=O) groups excluding carboxylic acids is 1. The molecule has 2 saturated carbocycles. The van der Waals surface area contributed by atoms with E-state index in [9.17, 15) is 4.79 Å². The Kier molecular flexibility index (Phi) is 6.94. The van der Waals surface area contributed by atoms with Crippen molar-refractivity contribution in [3.8, 4) is 0 Å². The number of hydrogen-bond acceptors (Lipinski definition) is 3. The number of fused-ring (bicyclic) bond motifs is 7. The molecule has 1 heterocycles. The van der Waals surface area contributed by atoms with E-state index in [1.54, 1.807) is 17.8 Å². The fourth-order valence-corrected chi connectivity index (χ4v) is 8.19. The molecular formula is C30H30Cl2N2OS. The zero-order valence-corrected chi connectivity index (χ0v) is 22.4. The van der Waals surface area contributed by atoms with E-state index in [1.807, 2.05) is 18.2 Å². The first-order chi connectivity index (χ1) is 17.6. The molecule has 6 rings (SSSR count). The highest BCUT2D eigenvalue weighted by atomic mass is 35.5. The van der Waals surface area contributed by atoms with Gasteiger partial charge in [-0.15, -0.1) is 0 Å². The second-order valence-corrected chi connectivity index (χ2v) is 12.3. The summed E-state index contributed by atoms with van der Waals surface area (Å²) in [6.45, 7) is 0.622. The minimum absolute atomic E-state index is 0.00724. The van der Waals surface area contributed by atoms with Gasteiger partial charge >= 0.3 is 0 Å². The van der Waals surface area contributed by atoms with E-state index in [1.165, 1.54) is 36.1 Å². The van der Waals surface area contributed by atoms with Gasteiger partial charge in [0.1, 0.15) is 0 Å². The highest BCUT2D eigenvalue weighted by Gasteiger charge is 2.53. The third-order valence-corrected chi connectivity index (χ3v) is 9.91. The molecule has 0 unspecified atom stereocenters. The standard InChI is InChI=1S/C30H30Cl2N2OS/c31-23-10-8-22(25(32)16-23)17-36-13-12-33-30(35)21-9-11-26-24(15-21)27-19-6-7-20(14-19)28(27)29(34-26)18-4-2-1-3-5-18/h1-5,8-11,15-16,19-20,27-29,34H,6-7,12-14,17H2,(H,33,35)/t19-,20-,27-,28-,29-/m0/s1. The predicted octanol–water partition coefficient (Wildman–Crippen LogP) is 7.95. The molecule has 2 fully saturated rings. The second-order valence-electron chi connectivity index (χ2n) is 10.3. The molecule has 1 amide bonds. The van der Waals surface area contributed by atoms with Crippen molar-refractivity contribution < 1.29 is 4.79 Å². The number of nitrogens with one attached hydrogen (secondary N) is 2. The Morgan fingerprint density at radius 2 is 1.83 bits per heavy atom. The number of benzene rings is 3. The molecule has 186 valence electrons. The molecule has 3 aliphatic rings. The van der Waals surface area contributed by atoms with Crippen molar-refractivity contribution >= 4 is 46.6 Å². The minimum Gasteiger partial charge on any atom is -0.378 e. The Labute approximate surface area is 227 Å². The van der Waals surface area contributed by atoms with Crippen molar-refractivity contribution in [3.63, 3.8) is 0 Å². The van der Waals surface area contributed by atoms with Crippen LogP contribution in [0.4, 0.5) is 5.69 Å². The lowest BCUT2D eigenvalue weighted by Crippen LogP contribution is -2.35. The summed E-state index contributed by atoms with van der Waals surface area (Å²) < 4.78 is 0. The maximum atomic E-state index is 13.0. The van der Waals surface area contributed by atoms with Crippen LogP contribution in [0.25, 0.3) is 0 Å². The van der Waals surface area contributed by atoms with Gasteiger partial charge in [-0.05, 0) is 90.0 Å². The molecule has 0 aromatic heterocycles. The fraction of sp³-hybridized carbons (Fsp3) is 0.367. The Bertz CT molecular complexity index is 1270. The molecule has 0 saturated heterocycles. The van der Waals surface area contributed by atoms with Crippen LogP contribution in [-0.4, -0.2) is 18.2 Å². The summed E-state index contributed by atoms with van der Waals surface area (Å²) in [5.41, 5.74) is 5.75. The monoisotopic (exact) mass is 536 g/mol. The zero-order chi connectivity index (χ0) is 24.6. The zero-order valence-electron chi connectivity index (χ0n) is 20.1. The van der Waals surface area contributed by atoms with Gasteiger partial charge in [-0.25, -0.2) is 0 Å². The molecule has 3 aromatic rings. The molecule has 3 nitrogen and oxygen atoms in total. The van der Waals surface area contributed by atoms with Gasteiger partial charge in [0.2, 0.25) is 0 Å². The van der Waals surface area contributed by atoms with Crippen molar-refractivity contribution in [3.05, 3.63) is 99.0 Å². The summed E-state index contributed by atoms with van der Waals surface area (Å²) in [5.74, 6) is 4.28. The summed E-state index contributed by atoms with van der Waals surface area (Å²) in [6, 6.07) is 23.1. The van der Waals surface area contributed by atoms with E-state index in [0.717, 1.165) is 34.5 Å². The third-order valence-electron chi connectivity index (χ3n) is 8.31. The van der Waals surface area contributed by atoms with Crippen LogP contribution < -0.4 is 10.6 Å². The summed E-state index contributed by atoms with van der Waals surface area (Å²) in [5, 5.41) is 8.31. The van der Waals surface area contributed by atoms with Crippen LogP contribution in [0.5, 0.6) is 0 Å². The highest BCUT2D eigenvalue weighted by Crippen LogP contribution is 2.63. The molecular weight excluding hydrogens is 507 g/mol. The first-order valence-corrected chi connectivity index (χ1v) is 14.7. The van der Waals surface area contributed by atoms with Crippen molar-refractivity contribution in [2.24, 2.45) is 17.8 Å². The van der Waals surface area contributed by atoms with Crippen molar-refractivity contribution in [2.75, 3.05) is 17.6 Å². The molecule has 2 aliphatic carbocycles. The van der Waals surface area contributed by atoms with Gasteiger partial charge < -0.3 is 10.6 Å². The number of hydrogen-bond donors (Lipinski definition) is 2. The van der Waals surface area contributed by atoms with Crippen LogP contribution in [0, 0.1) is 17.8 Å². The molecule has 5 atom stereocenters. The molecule has 0 spiro atoms. The fourth-order valence-electron chi connectivity index (χ4n) is 6.78. The van der Waals surface area contributed by atoms with Gasteiger partial charge in [0.25, 0.3) is 5.91 Å². The largest absolute Gasteiger partial charge is 0.378 e. The summed E-state index contributed by atoms with van der Waals surface area (Å²) >= 11 is 14.0. The summed E-state index contributed by atoms with van der Waals surface area (Å²) in [4.78, 5) is 13.0. The van der Waals surface area contributed by atoms with E-state index < -0.39 is 0 Å². The SMILES string of the molecule is O=C(NCCSCc1ccc(Cl)cc1Cl)c1ccc2c(c1)[C@@H]1[C@H]3CC[C@@H](C3)[C@@H]1[C@H](c1ccccc1)N2. The average molecular weight is 538 g/mol. The molecule has 6 heteroatoms. The van der Waals surface area contributed by atoms with Crippen LogP contribution >= 0.6 is 35.0 Å². The van der Waals surface area contributed by atoms with Gasteiger partial charge in [0, 0.05) is 39.3 Å². The van der Waals surface area contributed by atoms with Crippen molar-refractivity contribution in [1.82, 2.24) is 5.32 Å². The van der Waals surface area contributed by atoms with Gasteiger partial charge in [-0.3, -0.25) is 4.79 Å². The number of amides is 1. The van der Waals surface area contributed by atoms with Crippen LogP contribution in [-0.2, 0) is 5.75 Å². The lowest BCUT2D eigenvalue weighted by atomic mass is 9.68. The Balaban J connectivity index is 1.12. The van der Waals surface area contributed by atoms with Crippen LogP contribution in [0.15, 0.2) is 66.7 Å². The summed E-state index contributed by atoms with van der Waals surface area (Å²) in [7, 11) is 0. The normalized spacial score (nSPS) is 25.7. The number of rotatable bonds is 7. The van der Waals surface area contributed by atoms with Gasteiger partial charge in [0.15, 0.2) is 0 Å². The topological polar surface area (TPSA) is 41.1 Å². The van der Waals surface area contributed by atoms with Crippen molar-refractivity contribution in [1.29, 1.82) is 0 Å². The first kappa shape index (κ1) is 24.2. The van der Waals surface area contributed by atoms with Crippen LogP contribution in [0.2, 0.25) is 10.0 Å². The smallest absolute Gasteiger partial charge is 0.251 e.